The number of hydrogen-bond acceptors (Lipinski definition) is 1. The summed E-state index contributed by atoms with van der Waals surface area (Å²) in [6, 6.07) is 0.420. The summed E-state index contributed by atoms with van der Waals surface area (Å²) in [4.78, 5) is 10.9. The summed E-state index contributed by atoms with van der Waals surface area (Å²) in [7, 11) is 0. The van der Waals surface area contributed by atoms with Gasteiger partial charge in [-0.1, -0.05) is 0 Å². The lowest BCUT2D eigenvalue weighted by Crippen LogP contribution is -2.22. The molecule has 0 radical (unpaired) electrons. The predicted molar refractivity (Wildman–Crippen MR) is 57.7 cm³/mol. The fraction of sp³-hybridized carbons (Fsp3) is 0.222. The summed E-state index contributed by atoms with van der Waals surface area (Å²) in [5.41, 5.74) is 0.682. The lowest BCUT2D eigenvalue weighted by Gasteiger charge is -2.16. The Hall–Kier alpha value is -1.00. The Labute approximate surface area is 110 Å². The Morgan fingerprint density at radius 2 is 1.56 bits per heavy atom. The Balaban J connectivity index is 3.62. The van der Waals surface area contributed by atoms with Crippen LogP contribution in [0.2, 0.25) is 0 Å². The first-order chi connectivity index (χ1) is 7.94. The third kappa shape index (κ3) is 3.06. The quantitative estimate of drug-likeness (QED) is 0.586. The number of rotatable bonds is 1. The van der Waals surface area contributed by atoms with E-state index in [-0.39, 0.29) is 6.07 Å². The molecule has 0 aliphatic carbocycles. The highest BCUT2D eigenvalue weighted by Gasteiger charge is 2.40. The molecule has 1 rings (SSSR count). The van der Waals surface area contributed by atoms with E-state index in [1.54, 1.807) is 0 Å². The normalized spacial score (nSPS) is 12.6. The van der Waals surface area contributed by atoms with Gasteiger partial charge >= 0.3 is 12.4 Å². The Kier molecular flexibility index (Phi) is 3.84. The number of carbonyl (C=O) groups is 1. The maximum atomic E-state index is 12.6. The second-order valence-electron chi connectivity index (χ2n) is 3.24. The Morgan fingerprint density at radius 1 is 1.06 bits per heavy atom. The van der Waals surface area contributed by atoms with Crippen LogP contribution in [0.4, 0.5) is 26.3 Å². The molecule has 0 spiro atoms. The average Bonchev–Trinajstić information content (AvgIpc) is 2.12. The lowest BCUT2D eigenvalue weighted by atomic mass is 10.0. The summed E-state index contributed by atoms with van der Waals surface area (Å²) in [6.07, 6.45) is -9.81. The monoisotopic (exact) mass is 383 g/mol. The van der Waals surface area contributed by atoms with Gasteiger partial charge in [-0.25, -0.2) is 0 Å². The van der Waals surface area contributed by atoms with Crippen LogP contribution in [-0.2, 0) is 12.4 Å². The standard InChI is InChI=1S/C9H4F6INO/c10-8(11,12)3-1-4(7(17)18)6(5(16)2-3)9(13,14)15/h1-2H,(H2,17,18). The fourth-order valence-corrected chi connectivity index (χ4v) is 2.18. The van der Waals surface area contributed by atoms with Crippen molar-refractivity contribution in [1.29, 1.82) is 0 Å². The molecule has 0 saturated carbocycles. The molecular weight excluding hydrogens is 379 g/mol. The van der Waals surface area contributed by atoms with E-state index in [9.17, 15) is 31.1 Å². The number of amides is 1. The van der Waals surface area contributed by atoms with Crippen molar-refractivity contribution in [3.63, 3.8) is 0 Å². The largest absolute Gasteiger partial charge is 0.418 e. The Bertz CT molecular complexity index is 493. The first kappa shape index (κ1) is 15.1. The van der Waals surface area contributed by atoms with Crippen LogP contribution < -0.4 is 5.73 Å². The summed E-state index contributed by atoms with van der Waals surface area (Å²) in [6.45, 7) is 0. The number of benzene rings is 1. The average molecular weight is 383 g/mol. The van der Waals surface area contributed by atoms with E-state index in [1.165, 1.54) is 0 Å². The second-order valence-corrected chi connectivity index (χ2v) is 4.40. The molecule has 18 heavy (non-hydrogen) atoms. The number of nitrogens with two attached hydrogens (primary N) is 1. The molecule has 0 atom stereocenters. The smallest absolute Gasteiger partial charge is 0.366 e. The van der Waals surface area contributed by atoms with Crippen LogP contribution >= 0.6 is 22.6 Å². The van der Waals surface area contributed by atoms with E-state index in [2.05, 4.69) is 5.73 Å². The number of alkyl halides is 6. The maximum absolute atomic E-state index is 12.6. The molecule has 0 bridgehead atoms. The highest BCUT2D eigenvalue weighted by molar-refractivity contribution is 14.1. The van der Waals surface area contributed by atoms with Gasteiger partial charge in [0.05, 0.1) is 16.7 Å². The van der Waals surface area contributed by atoms with Crippen LogP contribution in [0.25, 0.3) is 0 Å². The molecule has 9 heteroatoms. The van der Waals surface area contributed by atoms with E-state index < -0.39 is 38.5 Å². The highest BCUT2D eigenvalue weighted by Crippen LogP contribution is 2.39. The minimum Gasteiger partial charge on any atom is -0.366 e. The van der Waals surface area contributed by atoms with Crippen molar-refractivity contribution in [2.45, 2.75) is 12.4 Å². The van der Waals surface area contributed by atoms with Gasteiger partial charge in [-0.15, -0.1) is 0 Å². The number of hydrogen-bond donors (Lipinski definition) is 1. The zero-order chi connectivity index (χ0) is 14.3. The predicted octanol–water partition coefficient (Wildman–Crippen LogP) is 3.43. The van der Waals surface area contributed by atoms with Gasteiger partial charge in [0.25, 0.3) is 0 Å². The van der Waals surface area contributed by atoms with Crippen molar-refractivity contribution < 1.29 is 31.1 Å². The molecule has 0 saturated heterocycles. The van der Waals surface area contributed by atoms with Crippen molar-refractivity contribution in [1.82, 2.24) is 0 Å². The molecule has 1 aromatic carbocycles. The van der Waals surface area contributed by atoms with Crippen molar-refractivity contribution in [3.8, 4) is 0 Å². The molecule has 0 aliphatic heterocycles. The molecule has 0 fully saturated rings. The van der Waals surface area contributed by atoms with E-state index in [1.807, 2.05) is 0 Å². The minimum absolute atomic E-state index is 0.104. The molecular formula is C9H4F6INO. The van der Waals surface area contributed by atoms with E-state index >= 15 is 0 Å². The molecule has 2 nitrogen and oxygen atoms in total. The molecule has 100 valence electrons. The van der Waals surface area contributed by atoms with Crippen LogP contribution in [0, 0.1) is 3.57 Å². The fourth-order valence-electron chi connectivity index (χ4n) is 1.25. The molecule has 2 N–H and O–H groups in total. The van der Waals surface area contributed by atoms with Crippen molar-refractivity contribution in [2.75, 3.05) is 0 Å². The highest BCUT2D eigenvalue weighted by atomic mass is 127. The molecule has 0 aliphatic rings. The summed E-state index contributed by atoms with van der Waals surface area (Å²) in [5.74, 6) is -1.56. The van der Waals surface area contributed by atoms with Crippen LogP contribution in [-0.4, -0.2) is 5.91 Å². The van der Waals surface area contributed by atoms with Gasteiger partial charge in [0, 0.05) is 3.57 Å². The van der Waals surface area contributed by atoms with E-state index in [0.717, 1.165) is 22.6 Å². The van der Waals surface area contributed by atoms with Crippen LogP contribution in [0.1, 0.15) is 21.5 Å². The SMILES string of the molecule is NC(=O)c1cc(C(F)(F)F)cc(I)c1C(F)(F)F. The van der Waals surface area contributed by atoms with Crippen molar-refractivity contribution >= 4 is 28.5 Å². The minimum atomic E-state index is -4.95. The third-order valence-electron chi connectivity index (χ3n) is 1.97. The van der Waals surface area contributed by atoms with Gasteiger partial charge in [0.1, 0.15) is 0 Å². The van der Waals surface area contributed by atoms with Gasteiger partial charge in [0.15, 0.2) is 0 Å². The van der Waals surface area contributed by atoms with Gasteiger partial charge < -0.3 is 5.73 Å². The van der Waals surface area contributed by atoms with Gasteiger partial charge in [-0.2, -0.15) is 26.3 Å². The van der Waals surface area contributed by atoms with Crippen molar-refractivity contribution in [2.24, 2.45) is 5.73 Å². The van der Waals surface area contributed by atoms with Crippen LogP contribution in [0.5, 0.6) is 0 Å². The molecule has 1 amide bonds. The maximum Gasteiger partial charge on any atom is 0.418 e. The van der Waals surface area contributed by atoms with E-state index in [4.69, 9.17) is 0 Å². The second kappa shape index (κ2) is 4.59. The number of primary amides is 1. The van der Waals surface area contributed by atoms with Crippen LogP contribution in [0.3, 0.4) is 0 Å². The summed E-state index contributed by atoms with van der Waals surface area (Å²) in [5, 5.41) is 0. The Morgan fingerprint density at radius 3 is 1.89 bits per heavy atom. The van der Waals surface area contributed by atoms with Crippen molar-refractivity contribution in [3.05, 3.63) is 32.4 Å². The third-order valence-corrected chi connectivity index (χ3v) is 2.82. The van der Waals surface area contributed by atoms with Crippen LogP contribution in [0.15, 0.2) is 12.1 Å². The van der Waals surface area contributed by atoms with E-state index in [0.29, 0.717) is 6.07 Å². The number of halogens is 7. The van der Waals surface area contributed by atoms with Gasteiger partial charge in [-0.3, -0.25) is 4.79 Å². The number of carbonyl (C=O) groups excluding carboxylic acids is 1. The van der Waals surface area contributed by atoms with Gasteiger partial charge in [0.2, 0.25) is 5.91 Å². The first-order valence-corrected chi connectivity index (χ1v) is 5.30. The molecule has 0 aromatic heterocycles. The zero-order valence-corrected chi connectivity index (χ0v) is 10.4. The topological polar surface area (TPSA) is 43.1 Å². The zero-order valence-electron chi connectivity index (χ0n) is 8.29. The summed E-state index contributed by atoms with van der Waals surface area (Å²) >= 11 is 1.08. The summed E-state index contributed by atoms with van der Waals surface area (Å²) < 4.78 is 74.3. The molecule has 0 heterocycles. The molecule has 0 unspecified atom stereocenters. The lowest BCUT2D eigenvalue weighted by molar-refractivity contribution is -0.142. The first-order valence-electron chi connectivity index (χ1n) is 4.22. The van der Waals surface area contributed by atoms with Gasteiger partial charge in [-0.05, 0) is 34.7 Å². The molecule has 1 aromatic rings.